The molecule has 1 aromatic rings. The predicted octanol–water partition coefficient (Wildman–Crippen LogP) is 0.146. The highest BCUT2D eigenvalue weighted by atomic mass is 35.7. The molecule has 1 amide bonds. The SMILES string of the molecule is O=C1CC(S(=O)(=O)Cl)CN1Cc1cncnc1. The van der Waals surface area contributed by atoms with Crippen molar-refractivity contribution in [2.24, 2.45) is 0 Å². The molecule has 2 rings (SSSR count). The summed E-state index contributed by atoms with van der Waals surface area (Å²) in [5, 5.41) is -0.818. The molecule has 1 aromatic heterocycles. The number of halogens is 1. The first-order valence-electron chi connectivity index (χ1n) is 4.92. The van der Waals surface area contributed by atoms with Gasteiger partial charge in [0.1, 0.15) is 11.6 Å². The average Bonchev–Trinajstić information content (AvgIpc) is 2.62. The number of hydrogen-bond donors (Lipinski definition) is 0. The van der Waals surface area contributed by atoms with Crippen LogP contribution >= 0.6 is 10.7 Å². The smallest absolute Gasteiger partial charge is 0.237 e. The third-order valence-electron chi connectivity index (χ3n) is 2.56. The Morgan fingerprint density at radius 1 is 1.41 bits per heavy atom. The molecule has 1 aliphatic heterocycles. The Morgan fingerprint density at radius 3 is 2.59 bits per heavy atom. The van der Waals surface area contributed by atoms with E-state index >= 15 is 0 Å². The molecule has 0 spiro atoms. The molecule has 0 saturated carbocycles. The van der Waals surface area contributed by atoms with Crippen molar-refractivity contribution in [1.82, 2.24) is 14.9 Å². The van der Waals surface area contributed by atoms with Gasteiger partial charge in [-0.3, -0.25) is 4.79 Å². The maximum atomic E-state index is 11.6. The van der Waals surface area contributed by atoms with Crippen molar-refractivity contribution in [1.29, 1.82) is 0 Å². The van der Waals surface area contributed by atoms with Gasteiger partial charge in [-0.1, -0.05) is 0 Å². The van der Waals surface area contributed by atoms with Crippen molar-refractivity contribution in [3.05, 3.63) is 24.3 Å². The van der Waals surface area contributed by atoms with Gasteiger partial charge in [-0.15, -0.1) is 0 Å². The first-order valence-corrected chi connectivity index (χ1v) is 7.29. The van der Waals surface area contributed by atoms with Crippen molar-refractivity contribution in [2.45, 2.75) is 18.2 Å². The summed E-state index contributed by atoms with van der Waals surface area (Å²) in [6.07, 6.45) is 4.51. The molecule has 1 atom stereocenters. The zero-order valence-electron chi connectivity index (χ0n) is 8.78. The van der Waals surface area contributed by atoms with Crippen LogP contribution in [0, 0.1) is 0 Å². The molecule has 2 heterocycles. The number of carbonyl (C=O) groups excluding carboxylic acids is 1. The highest BCUT2D eigenvalue weighted by Gasteiger charge is 2.37. The van der Waals surface area contributed by atoms with Gasteiger partial charge < -0.3 is 4.90 Å². The molecule has 1 aliphatic rings. The van der Waals surface area contributed by atoms with Crippen molar-refractivity contribution >= 4 is 25.6 Å². The largest absolute Gasteiger partial charge is 0.337 e. The second kappa shape index (κ2) is 4.58. The minimum absolute atomic E-state index is 0.0560. The van der Waals surface area contributed by atoms with Gasteiger partial charge in [0.25, 0.3) is 0 Å². The van der Waals surface area contributed by atoms with Gasteiger partial charge >= 0.3 is 0 Å². The monoisotopic (exact) mass is 275 g/mol. The summed E-state index contributed by atoms with van der Waals surface area (Å²) in [4.78, 5) is 20.7. The number of likely N-dealkylation sites (tertiary alicyclic amines) is 1. The van der Waals surface area contributed by atoms with E-state index in [0.29, 0.717) is 6.54 Å². The van der Waals surface area contributed by atoms with Crippen molar-refractivity contribution < 1.29 is 13.2 Å². The van der Waals surface area contributed by atoms with E-state index in [0.717, 1.165) is 5.56 Å². The van der Waals surface area contributed by atoms with E-state index < -0.39 is 14.3 Å². The fraction of sp³-hybridized carbons (Fsp3) is 0.444. The maximum absolute atomic E-state index is 11.6. The lowest BCUT2D eigenvalue weighted by molar-refractivity contribution is -0.128. The summed E-state index contributed by atoms with van der Waals surface area (Å²) < 4.78 is 22.3. The van der Waals surface area contributed by atoms with Crippen molar-refractivity contribution in [3.8, 4) is 0 Å². The van der Waals surface area contributed by atoms with Gasteiger partial charge in [-0.2, -0.15) is 0 Å². The van der Waals surface area contributed by atoms with Crippen LogP contribution in [0.2, 0.25) is 0 Å². The zero-order chi connectivity index (χ0) is 12.5. The first-order chi connectivity index (χ1) is 7.97. The predicted molar refractivity (Wildman–Crippen MR) is 60.6 cm³/mol. The highest BCUT2D eigenvalue weighted by Crippen LogP contribution is 2.22. The van der Waals surface area contributed by atoms with Crippen molar-refractivity contribution in [2.75, 3.05) is 6.54 Å². The minimum atomic E-state index is -3.68. The van der Waals surface area contributed by atoms with Crippen LogP contribution in [0.5, 0.6) is 0 Å². The fourth-order valence-electron chi connectivity index (χ4n) is 1.71. The molecule has 0 aliphatic carbocycles. The van der Waals surface area contributed by atoms with E-state index in [9.17, 15) is 13.2 Å². The molecule has 1 fully saturated rings. The Balaban J connectivity index is 2.07. The Bertz CT molecular complexity index is 520. The molecule has 1 unspecified atom stereocenters. The quantitative estimate of drug-likeness (QED) is 0.734. The lowest BCUT2D eigenvalue weighted by Crippen LogP contribution is -2.26. The van der Waals surface area contributed by atoms with Crippen LogP contribution in [0.15, 0.2) is 18.7 Å². The lowest BCUT2D eigenvalue weighted by atomic mass is 10.3. The number of nitrogens with zero attached hydrogens (tertiary/aromatic N) is 3. The van der Waals surface area contributed by atoms with Gasteiger partial charge in [-0.05, 0) is 0 Å². The summed E-state index contributed by atoms with van der Waals surface area (Å²) in [5.41, 5.74) is 0.758. The second-order valence-electron chi connectivity index (χ2n) is 3.82. The third-order valence-corrected chi connectivity index (χ3v) is 4.43. The van der Waals surface area contributed by atoms with E-state index in [4.69, 9.17) is 10.7 Å². The summed E-state index contributed by atoms with van der Waals surface area (Å²) in [6.45, 7) is 0.433. The van der Waals surface area contributed by atoms with Crippen LogP contribution in [-0.4, -0.2) is 41.0 Å². The van der Waals surface area contributed by atoms with Gasteiger partial charge in [0.2, 0.25) is 15.0 Å². The molecule has 6 nitrogen and oxygen atoms in total. The Labute approximate surface area is 103 Å². The van der Waals surface area contributed by atoms with E-state index in [1.54, 1.807) is 12.4 Å². The number of hydrogen-bond acceptors (Lipinski definition) is 5. The average molecular weight is 276 g/mol. The summed E-state index contributed by atoms with van der Waals surface area (Å²) in [6, 6.07) is 0. The molecule has 0 N–H and O–H groups in total. The second-order valence-corrected chi connectivity index (χ2v) is 6.73. The van der Waals surface area contributed by atoms with Gasteiger partial charge in [0.15, 0.2) is 0 Å². The van der Waals surface area contributed by atoms with E-state index in [-0.39, 0.29) is 18.9 Å². The Hall–Kier alpha value is -1.21. The topological polar surface area (TPSA) is 80.2 Å². The minimum Gasteiger partial charge on any atom is -0.337 e. The van der Waals surface area contributed by atoms with Gasteiger partial charge in [0, 0.05) is 48.1 Å². The third kappa shape index (κ3) is 2.92. The molecular weight excluding hydrogens is 266 g/mol. The summed E-state index contributed by atoms with van der Waals surface area (Å²) in [5.74, 6) is -0.219. The molecule has 92 valence electrons. The lowest BCUT2D eigenvalue weighted by Gasteiger charge is -2.15. The van der Waals surface area contributed by atoms with Crippen LogP contribution in [-0.2, 0) is 20.4 Å². The number of amides is 1. The van der Waals surface area contributed by atoms with E-state index in [1.807, 2.05) is 0 Å². The Morgan fingerprint density at radius 2 is 2.06 bits per heavy atom. The van der Waals surface area contributed by atoms with Crippen LogP contribution in [0.1, 0.15) is 12.0 Å². The molecule has 8 heteroatoms. The maximum Gasteiger partial charge on any atom is 0.237 e. The van der Waals surface area contributed by atoms with Crippen molar-refractivity contribution in [3.63, 3.8) is 0 Å². The number of aromatic nitrogens is 2. The molecule has 0 radical (unpaired) electrons. The van der Waals surface area contributed by atoms with E-state index in [2.05, 4.69) is 9.97 Å². The van der Waals surface area contributed by atoms with Crippen LogP contribution < -0.4 is 0 Å². The Kier molecular flexibility index (Phi) is 3.30. The molecule has 0 bridgehead atoms. The summed E-state index contributed by atoms with van der Waals surface area (Å²) in [7, 11) is 1.56. The van der Waals surface area contributed by atoms with E-state index in [1.165, 1.54) is 11.2 Å². The fourth-order valence-corrected chi connectivity index (χ4v) is 2.77. The molecular formula is C9H10ClN3O3S. The molecule has 17 heavy (non-hydrogen) atoms. The zero-order valence-corrected chi connectivity index (χ0v) is 10.4. The van der Waals surface area contributed by atoms with Gasteiger partial charge in [0.05, 0.1) is 0 Å². The standard InChI is InChI=1S/C9H10ClN3O3S/c10-17(15,16)8-1-9(14)13(5-8)4-7-2-11-6-12-3-7/h2-3,6,8H,1,4-5H2. The van der Waals surface area contributed by atoms with Gasteiger partial charge in [-0.25, -0.2) is 18.4 Å². The van der Waals surface area contributed by atoms with Crippen LogP contribution in [0.3, 0.4) is 0 Å². The summed E-state index contributed by atoms with van der Waals surface area (Å²) >= 11 is 0. The normalized spacial score (nSPS) is 20.9. The first kappa shape index (κ1) is 12.3. The van der Waals surface area contributed by atoms with Crippen LogP contribution in [0.4, 0.5) is 0 Å². The van der Waals surface area contributed by atoms with Crippen LogP contribution in [0.25, 0.3) is 0 Å². The molecule has 0 aromatic carbocycles. The molecule has 1 saturated heterocycles. The number of rotatable bonds is 3. The highest BCUT2D eigenvalue weighted by molar-refractivity contribution is 8.14. The number of carbonyl (C=O) groups is 1.